The Hall–Kier alpha value is -1.46. The molecule has 0 bridgehead atoms. The van der Waals surface area contributed by atoms with Crippen molar-refractivity contribution in [3.63, 3.8) is 0 Å². The van der Waals surface area contributed by atoms with Gasteiger partial charge in [0.2, 0.25) is 0 Å². The average molecular weight is 233 g/mol. The van der Waals surface area contributed by atoms with E-state index in [0.717, 1.165) is 22.2 Å². The van der Waals surface area contributed by atoms with Gasteiger partial charge in [0.1, 0.15) is 10.8 Å². The summed E-state index contributed by atoms with van der Waals surface area (Å²) in [5, 5.41) is 9.89. The Morgan fingerprint density at radius 2 is 2.25 bits per heavy atom. The number of aromatic nitrogens is 2. The molecule has 0 radical (unpaired) electrons. The topological polar surface area (TPSA) is 61.0 Å². The summed E-state index contributed by atoms with van der Waals surface area (Å²) in [5.74, 6) is 0.956. The van der Waals surface area contributed by atoms with Gasteiger partial charge in [0, 0.05) is 13.0 Å². The van der Waals surface area contributed by atoms with E-state index in [4.69, 9.17) is 10.5 Å². The molecule has 5 heteroatoms. The zero-order valence-electron chi connectivity index (χ0n) is 8.59. The molecule has 1 atom stereocenters. The summed E-state index contributed by atoms with van der Waals surface area (Å²) in [5.41, 5.74) is 6.75. The Morgan fingerprint density at radius 1 is 1.38 bits per heavy atom. The molecule has 3 rings (SSSR count). The van der Waals surface area contributed by atoms with Crippen molar-refractivity contribution in [3.05, 3.63) is 39.8 Å². The van der Waals surface area contributed by atoms with Crippen LogP contribution in [0.15, 0.2) is 24.3 Å². The lowest BCUT2D eigenvalue weighted by Gasteiger charge is -2.05. The first-order valence-electron chi connectivity index (χ1n) is 5.13. The summed E-state index contributed by atoms with van der Waals surface area (Å²) in [6.45, 7) is 0.442. The average Bonchev–Trinajstić information content (AvgIpc) is 2.95. The molecule has 82 valence electrons. The van der Waals surface area contributed by atoms with Gasteiger partial charge in [-0.3, -0.25) is 0 Å². The normalized spacial score (nSPS) is 18.2. The third-order valence-electron chi connectivity index (χ3n) is 2.58. The quantitative estimate of drug-likeness (QED) is 0.857. The second-order valence-corrected chi connectivity index (χ2v) is 4.75. The zero-order chi connectivity index (χ0) is 11.0. The van der Waals surface area contributed by atoms with Crippen molar-refractivity contribution in [2.75, 3.05) is 0 Å². The lowest BCUT2D eigenvalue weighted by molar-refractivity contribution is 0.237. The lowest BCUT2D eigenvalue weighted by atomic mass is 10.1. The van der Waals surface area contributed by atoms with Gasteiger partial charge in [0.05, 0.1) is 0 Å². The van der Waals surface area contributed by atoms with E-state index in [9.17, 15) is 0 Å². The fourth-order valence-corrected chi connectivity index (χ4v) is 2.55. The van der Waals surface area contributed by atoms with E-state index in [-0.39, 0.29) is 6.10 Å². The maximum absolute atomic E-state index is 5.82. The van der Waals surface area contributed by atoms with Crippen molar-refractivity contribution < 1.29 is 4.74 Å². The molecule has 2 heterocycles. The molecule has 0 fully saturated rings. The lowest BCUT2D eigenvalue weighted by Crippen LogP contribution is -2.02. The van der Waals surface area contributed by atoms with Gasteiger partial charge in [0.25, 0.3) is 0 Å². The third kappa shape index (κ3) is 1.58. The highest BCUT2D eigenvalue weighted by molar-refractivity contribution is 7.11. The summed E-state index contributed by atoms with van der Waals surface area (Å²) >= 11 is 1.53. The van der Waals surface area contributed by atoms with E-state index in [2.05, 4.69) is 16.3 Å². The van der Waals surface area contributed by atoms with Gasteiger partial charge in [-0.2, -0.15) is 0 Å². The molecule has 0 saturated heterocycles. The molecule has 0 saturated carbocycles. The molecule has 4 nitrogen and oxygen atoms in total. The second-order valence-electron chi connectivity index (χ2n) is 3.66. The molecule has 0 spiro atoms. The van der Waals surface area contributed by atoms with Crippen LogP contribution >= 0.6 is 11.3 Å². The van der Waals surface area contributed by atoms with E-state index in [1.54, 1.807) is 0 Å². The number of ether oxygens (including phenoxy) is 1. The van der Waals surface area contributed by atoms with Gasteiger partial charge < -0.3 is 10.5 Å². The Kier molecular flexibility index (Phi) is 2.34. The standard InChI is InChI=1S/C11H11N3OS/c12-6-10-13-14-11(16-10)9-5-7-3-1-2-4-8(7)15-9/h1-4,9H,5-6,12H2. The van der Waals surface area contributed by atoms with Crippen LogP contribution in [0.25, 0.3) is 0 Å². The minimum absolute atomic E-state index is 0.00944. The van der Waals surface area contributed by atoms with Gasteiger partial charge in [-0.1, -0.05) is 29.5 Å². The highest BCUT2D eigenvalue weighted by Gasteiger charge is 2.26. The molecular weight excluding hydrogens is 222 g/mol. The number of rotatable bonds is 2. The van der Waals surface area contributed by atoms with Crippen LogP contribution in [-0.2, 0) is 13.0 Å². The number of benzene rings is 1. The fraction of sp³-hybridized carbons (Fsp3) is 0.273. The Balaban J connectivity index is 1.85. The van der Waals surface area contributed by atoms with Crippen LogP contribution in [-0.4, -0.2) is 10.2 Å². The first kappa shape index (κ1) is 9.74. The number of para-hydroxylation sites is 1. The first-order valence-corrected chi connectivity index (χ1v) is 5.95. The van der Waals surface area contributed by atoms with E-state index in [1.807, 2.05) is 18.2 Å². The highest BCUT2D eigenvalue weighted by Crippen LogP contribution is 2.36. The van der Waals surface area contributed by atoms with E-state index in [1.165, 1.54) is 16.9 Å². The van der Waals surface area contributed by atoms with Crippen LogP contribution in [0.4, 0.5) is 0 Å². The molecule has 1 aromatic heterocycles. The summed E-state index contributed by atoms with van der Waals surface area (Å²) < 4.78 is 5.82. The Labute approximate surface area is 97.1 Å². The van der Waals surface area contributed by atoms with Crippen molar-refractivity contribution in [2.45, 2.75) is 19.1 Å². The van der Waals surface area contributed by atoms with Crippen LogP contribution < -0.4 is 10.5 Å². The molecule has 2 N–H and O–H groups in total. The SMILES string of the molecule is NCc1nnc(C2Cc3ccccc3O2)s1. The largest absolute Gasteiger partial charge is 0.483 e. The summed E-state index contributed by atoms with van der Waals surface area (Å²) in [6, 6.07) is 8.07. The number of hydrogen-bond donors (Lipinski definition) is 1. The van der Waals surface area contributed by atoms with Gasteiger partial charge in [0.15, 0.2) is 11.1 Å². The van der Waals surface area contributed by atoms with Crippen molar-refractivity contribution in [3.8, 4) is 5.75 Å². The molecular formula is C11H11N3OS. The number of nitrogens with zero attached hydrogens (tertiary/aromatic N) is 2. The van der Waals surface area contributed by atoms with Crippen LogP contribution in [0.5, 0.6) is 5.75 Å². The summed E-state index contributed by atoms with van der Waals surface area (Å²) in [4.78, 5) is 0. The summed E-state index contributed by atoms with van der Waals surface area (Å²) in [7, 11) is 0. The molecule has 2 aromatic rings. The molecule has 1 unspecified atom stereocenters. The van der Waals surface area contributed by atoms with Crippen molar-refractivity contribution in [1.29, 1.82) is 0 Å². The molecule has 0 aliphatic carbocycles. The maximum atomic E-state index is 5.82. The molecule has 0 amide bonds. The van der Waals surface area contributed by atoms with Crippen LogP contribution in [0.3, 0.4) is 0 Å². The van der Waals surface area contributed by atoms with E-state index >= 15 is 0 Å². The minimum atomic E-state index is 0.00944. The Bertz CT molecular complexity index is 486. The molecule has 1 aromatic carbocycles. The molecule has 16 heavy (non-hydrogen) atoms. The van der Waals surface area contributed by atoms with Gasteiger partial charge >= 0.3 is 0 Å². The smallest absolute Gasteiger partial charge is 0.158 e. The Morgan fingerprint density at radius 3 is 3.00 bits per heavy atom. The predicted molar refractivity (Wildman–Crippen MR) is 61.3 cm³/mol. The van der Waals surface area contributed by atoms with Crippen LogP contribution in [0.2, 0.25) is 0 Å². The third-order valence-corrected chi connectivity index (χ3v) is 3.62. The predicted octanol–water partition coefficient (Wildman–Crippen LogP) is 1.67. The van der Waals surface area contributed by atoms with Crippen molar-refractivity contribution in [2.24, 2.45) is 5.73 Å². The number of hydrogen-bond acceptors (Lipinski definition) is 5. The van der Waals surface area contributed by atoms with Crippen LogP contribution in [0, 0.1) is 0 Å². The highest BCUT2D eigenvalue weighted by atomic mass is 32.1. The van der Waals surface area contributed by atoms with Gasteiger partial charge in [-0.25, -0.2) is 0 Å². The van der Waals surface area contributed by atoms with Crippen LogP contribution in [0.1, 0.15) is 21.7 Å². The first-order chi connectivity index (χ1) is 7.86. The second kappa shape index (κ2) is 3.84. The van der Waals surface area contributed by atoms with Crippen molar-refractivity contribution in [1.82, 2.24) is 10.2 Å². The minimum Gasteiger partial charge on any atom is -0.483 e. The van der Waals surface area contributed by atoms with Gasteiger partial charge in [-0.05, 0) is 11.6 Å². The monoisotopic (exact) mass is 233 g/mol. The zero-order valence-corrected chi connectivity index (χ0v) is 9.41. The fourth-order valence-electron chi connectivity index (χ4n) is 1.80. The van der Waals surface area contributed by atoms with Crippen molar-refractivity contribution >= 4 is 11.3 Å². The molecule has 1 aliphatic heterocycles. The maximum Gasteiger partial charge on any atom is 0.158 e. The van der Waals surface area contributed by atoms with E-state index in [0.29, 0.717) is 6.54 Å². The number of fused-ring (bicyclic) bond motifs is 1. The van der Waals surface area contributed by atoms with E-state index < -0.39 is 0 Å². The molecule has 1 aliphatic rings. The number of nitrogens with two attached hydrogens (primary N) is 1. The summed E-state index contributed by atoms with van der Waals surface area (Å²) in [6.07, 6.45) is 0.880. The van der Waals surface area contributed by atoms with Gasteiger partial charge in [-0.15, -0.1) is 10.2 Å².